The summed E-state index contributed by atoms with van der Waals surface area (Å²) >= 11 is 0. The number of nitrogens with one attached hydrogen (secondary N) is 3. The number of halogens is 3. The van der Waals surface area contributed by atoms with Crippen LogP contribution in [0.4, 0.5) is 18.0 Å². The fourth-order valence-electron chi connectivity index (χ4n) is 7.67. The van der Waals surface area contributed by atoms with Gasteiger partial charge in [0.2, 0.25) is 6.54 Å². The van der Waals surface area contributed by atoms with E-state index in [4.69, 9.17) is 34.6 Å². The van der Waals surface area contributed by atoms with Gasteiger partial charge in [-0.3, -0.25) is 14.3 Å². The third-order valence-electron chi connectivity index (χ3n) is 10.4. The maximum Gasteiger partial charge on any atom is 0.485 e. The minimum absolute atomic E-state index is 0.0532. The number of carbonyl (C=O) groups excluding carboxylic acids is 1. The molecule has 15 nitrogen and oxygen atoms in total. The Morgan fingerprint density at radius 3 is 2.03 bits per heavy atom. The molecule has 5 rings (SSSR count). The Balaban J connectivity index is 1.65. The highest BCUT2D eigenvalue weighted by Gasteiger charge is 2.50. The number of amides is 2. The smallest absolute Gasteiger partial charge is 0.485 e. The topological polar surface area (TPSA) is 159 Å². The lowest BCUT2D eigenvalue weighted by molar-refractivity contribution is -0.145. The summed E-state index contributed by atoms with van der Waals surface area (Å²) in [6, 6.07) is 24.1. The average Bonchev–Trinajstić information content (AvgIpc) is 3.58. The van der Waals surface area contributed by atoms with Crippen LogP contribution < -0.4 is 31.4 Å². The first-order valence-corrected chi connectivity index (χ1v) is 21.5. The number of nitrogens with zero attached hydrogens (tertiary/aromatic N) is 3. The van der Waals surface area contributed by atoms with E-state index in [0.29, 0.717) is 11.5 Å². The largest absolute Gasteiger partial charge is 0.497 e. The Hall–Kier alpha value is -5.28. The number of hydrogen-bond donors (Lipinski definition) is 3. The van der Waals surface area contributed by atoms with Gasteiger partial charge in [0.05, 0.1) is 20.8 Å². The number of H-pyrrole nitrogens is 1. The van der Waals surface area contributed by atoms with Gasteiger partial charge in [-0.25, -0.2) is 26.1 Å². The fourth-order valence-corrected chi connectivity index (χ4v) is 9.47. The van der Waals surface area contributed by atoms with Crippen LogP contribution in [0.3, 0.4) is 0 Å². The predicted octanol–water partition coefficient (Wildman–Crippen LogP) is 7.34. The molecule has 2 unspecified atom stereocenters. The summed E-state index contributed by atoms with van der Waals surface area (Å²) in [5.41, 5.74) is -0.467. The molecule has 63 heavy (non-hydrogen) atoms. The third kappa shape index (κ3) is 12.5. The van der Waals surface area contributed by atoms with Crippen LogP contribution in [0.5, 0.6) is 11.5 Å². The molecule has 2 heterocycles. The standard InChI is InChI=1S/C44H54F3N6O9P/c1-29(2)53(30(3)4)63(60-27-25-48-5)62-39-36(14-11-24-49-41(55)51-44(45,46)47)40(52-26-23-38(54)50-42(52)56)61-37(39)28-59-43(31-12-9-8-10-13-31,32-15-19-34(57-6)20-16-32)33-17-21-35(58-7)22-18-33/h8-10,12-13,15-23,26,29-30,36-37,39-40H,11,14,24-25,27-28H2,1-4,6-7H3,(H2,49,51,55)(H,50,54,56)/t36?,37-,39-,40-,63?/m1/s1. The van der Waals surface area contributed by atoms with Crippen LogP contribution in [-0.4, -0.2) is 91.4 Å². The first-order valence-electron chi connectivity index (χ1n) is 20.4. The van der Waals surface area contributed by atoms with Gasteiger partial charge >= 0.3 is 18.0 Å². The molecule has 19 heteroatoms. The van der Waals surface area contributed by atoms with Crippen molar-refractivity contribution in [2.75, 3.05) is 40.5 Å². The zero-order valence-corrected chi connectivity index (χ0v) is 36.9. The van der Waals surface area contributed by atoms with Gasteiger partial charge in [0.1, 0.15) is 42.1 Å². The second-order valence-corrected chi connectivity index (χ2v) is 16.6. The molecule has 340 valence electrons. The van der Waals surface area contributed by atoms with Gasteiger partial charge in [0, 0.05) is 36.8 Å². The second-order valence-electron chi connectivity index (χ2n) is 15.2. The predicted molar refractivity (Wildman–Crippen MR) is 230 cm³/mol. The van der Waals surface area contributed by atoms with Crippen LogP contribution in [0.2, 0.25) is 0 Å². The summed E-state index contributed by atoms with van der Waals surface area (Å²) in [6.07, 6.45) is -6.34. The third-order valence-corrected chi connectivity index (χ3v) is 12.5. The highest BCUT2D eigenvalue weighted by molar-refractivity contribution is 7.44. The van der Waals surface area contributed by atoms with E-state index in [0.717, 1.165) is 22.0 Å². The van der Waals surface area contributed by atoms with E-state index >= 15 is 0 Å². The molecule has 3 aromatic carbocycles. The molecule has 0 radical (unpaired) electrons. The monoisotopic (exact) mass is 898 g/mol. The first-order chi connectivity index (χ1) is 30.1. The molecule has 1 fully saturated rings. The Morgan fingerprint density at radius 2 is 1.51 bits per heavy atom. The van der Waals surface area contributed by atoms with Gasteiger partial charge in [0.25, 0.3) is 14.1 Å². The van der Waals surface area contributed by atoms with E-state index in [9.17, 15) is 27.6 Å². The Labute approximate surface area is 365 Å². The number of aromatic nitrogens is 2. The molecular formula is C44H54F3N6O9P. The SMILES string of the molecule is [C-]#[N+]CCOP(O[C@@H]1C(CCCNC(=O)NC(F)(F)F)[C@H](n2ccc(=O)[nH]c2=O)O[C@@H]1COC(c1ccccc1)(c1ccc(OC)cc1)c1ccc(OC)cc1)N(C(C)C)C(C)C. The molecule has 1 aromatic heterocycles. The van der Waals surface area contributed by atoms with Crippen LogP contribution in [0.15, 0.2) is 101 Å². The van der Waals surface area contributed by atoms with Gasteiger partial charge in [-0.2, -0.15) is 13.2 Å². The van der Waals surface area contributed by atoms with Crippen LogP contribution in [0.25, 0.3) is 4.85 Å². The summed E-state index contributed by atoms with van der Waals surface area (Å²) in [5, 5.41) is 3.16. The summed E-state index contributed by atoms with van der Waals surface area (Å²) in [6.45, 7) is 15.1. The summed E-state index contributed by atoms with van der Waals surface area (Å²) < 4.78 is 80.5. The molecule has 1 saturated heterocycles. The average molecular weight is 899 g/mol. The number of carbonyl (C=O) groups is 1. The van der Waals surface area contributed by atoms with Crippen molar-refractivity contribution in [1.82, 2.24) is 24.9 Å². The van der Waals surface area contributed by atoms with Crippen molar-refractivity contribution >= 4 is 14.6 Å². The van der Waals surface area contributed by atoms with E-state index in [1.165, 1.54) is 16.8 Å². The number of urea groups is 1. The summed E-state index contributed by atoms with van der Waals surface area (Å²) in [5.74, 6) is 0.507. The number of ether oxygens (including phenoxy) is 4. The quantitative estimate of drug-likeness (QED) is 0.0254. The Kier molecular flexibility index (Phi) is 17.3. The van der Waals surface area contributed by atoms with E-state index in [2.05, 4.69) is 15.1 Å². The van der Waals surface area contributed by atoms with Gasteiger partial charge < -0.3 is 38.2 Å². The second kappa shape index (κ2) is 22.4. The van der Waals surface area contributed by atoms with Crippen molar-refractivity contribution in [3.8, 4) is 11.5 Å². The highest BCUT2D eigenvalue weighted by Crippen LogP contribution is 2.52. The van der Waals surface area contributed by atoms with Gasteiger partial charge in [-0.05, 0) is 81.5 Å². The van der Waals surface area contributed by atoms with Crippen molar-refractivity contribution in [3.63, 3.8) is 0 Å². The summed E-state index contributed by atoms with van der Waals surface area (Å²) in [4.78, 5) is 43.6. The van der Waals surface area contributed by atoms with E-state index < -0.39 is 62.1 Å². The number of aromatic amines is 1. The van der Waals surface area contributed by atoms with Crippen molar-refractivity contribution in [2.45, 2.75) is 83.0 Å². The number of hydrogen-bond acceptors (Lipinski definition) is 10. The van der Waals surface area contributed by atoms with E-state index in [-0.39, 0.29) is 51.2 Å². The highest BCUT2D eigenvalue weighted by atomic mass is 31.2. The normalized spacial score (nSPS) is 18.3. The van der Waals surface area contributed by atoms with Crippen molar-refractivity contribution < 1.29 is 46.0 Å². The minimum atomic E-state index is -4.93. The molecule has 0 bridgehead atoms. The number of rotatable bonds is 21. The van der Waals surface area contributed by atoms with Crippen molar-refractivity contribution in [2.24, 2.45) is 5.92 Å². The van der Waals surface area contributed by atoms with Gasteiger partial charge in [-0.15, -0.1) is 0 Å². The number of methoxy groups -OCH3 is 2. The summed E-state index contributed by atoms with van der Waals surface area (Å²) in [7, 11) is 1.22. The van der Waals surface area contributed by atoms with Crippen molar-refractivity contribution in [1.29, 1.82) is 0 Å². The van der Waals surface area contributed by atoms with Crippen LogP contribution in [0.1, 0.15) is 63.5 Å². The van der Waals surface area contributed by atoms with Gasteiger partial charge in [-0.1, -0.05) is 54.6 Å². The van der Waals surface area contributed by atoms with Crippen LogP contribution in [0, 0.1) is 12.5 Å². The molecule has 2 amide bonds. The van der Waals surface area contributed by atoms with Crippen LogP contribution in [-0.2, 0) is 24.1 Å². The molecule has 1 aliphatic rings. The maximum absolute atomic E-state index is 13.5. The zero-order chi connectivity index (χ0) is 45.7. The van der Waals surface area contributed by atoms with Crippen LogP contribution >= 0.6 is 8.53 Å². The maximum atomic E-state index is 13.5. The molecule has 0 spiro atoms. The number of benzene rings is 3. The number of alkyl halides is 3. The fraction of sp³-hybridized carbons (Fsp3) is 0.455. The zero-order valence-electron chi connectivity index (χ0n) is 36.0. The lowest BCUT2D eigenvalue weighted by Gasteiger charge is -2.39. The molecule has 1 aliphatic heterocycles. The Bertz CT molecular complexity index is 2160. The molecule has 3 N–H and O–H groups in total. The lowest BCUT2D eigenvalue weighted by atomic mass is 9.80. The Morgan fingerprint density at radius 1 is 0.921 bits per heavy atom. The lowest BCUT2D eigenvalue weighted by Crippen LogP contribution is -2.44. The molecule has 0 saturated carbocycles. The van der Waals surface area contributed by atoms with E-state index in [1.807, 2.05) is 111 Å². The first kappa shape index (κ1) is 48.7. The van der Waals surface area contributed by atoms with Gasteiger partial charge in [0.15, 0.2) is 0 Å². The van der Waals surface area contributed by atoms with E-state index in [1.54, 1.807) is 14.2 Å². The molecule has 4 aromatic rings. The molecule has 0 aliphatic carbocycles. The molecular weight excluding hydrogens is 844 g/mol. The minimum Gasteiger partial charge on any atom is -0.497 e. The molecule has 5 atom stereocenters. The van der Waals surface area contributed by atoms with Crippen molar-refractivity contribution in [3.05, 3.63) is 140 Å².